The third-order valence-corrected chi connectivity index (χ3v) is 6.74. The van der Waals surface area contributed by atoms with Crippen molar-refractivity contribution in [1.29, 1.82) is 0 Å². The van der Waals surface area contributed by atoms with Crippen molar-refractivity contribution in [2.75, 3.05) is 4.90 Å². The number of carbonyl (C=O) groups is 2. The Balaban J connectivity index is 1.43. The number of aryl methyl sites for hydroxylation is 2. The summed E-state index contributed by atoms with van der Waals surface area (Å²) < 4.78 is 18.9. The molecule has 5 rings (SSSR count). The minimum atomic E-state index is -0.276. The zero-order valence-electron chi connectivity index (χ0n) is 20.0. The maximum Gasteiger partial charge on any atom is 0.232 e. The van der Waals surface area contributed by atoms with Gasteiger partial charge in [-0.1, -0.05) is 30.3 Å². The van der Waals surface area contributed by atoms with Crippen LogP contribution in [0.4, 0.5) is 10.1 Å². The predicted octanol–water partition coefficient (Wildman–Crippen LogP) is 6.55. The maximum absolute atomic E-state index is 13.4. The number of rotatable bonds is 5. The van der Waals surface area contributed by atoms with Gasteiger partial charge in [-0.2, -0.15) is 0 Å². The van der Waals surface area contributed by atoms with E-state index in [1.165, 1.54) is 12.1 Å². The Morgan fingerprint density at radius 3 is 2.29 bits per heavy atom. The lowest BCUT2D eigenvalue weighted by Crippen LogP contribution is -2.40. The first-order valence-electron chi connectivity index (χ1n) is 12.0. The van der Waals surface area contributed by atoms with Gasteiger partial charge in [-0.05, 0) is 85.3 Å². The molecule has 1 aliphatic heterocycles. The fourth-order valence-electron chi connectivity index (χ4n) is 5.20. The van der Waals surface area contributed by atoms with Gasteiger partial charge in [0.2, 0.25) is 5.91 Å². The second-order valence-electron chi connectivity index (χ2n) is 9.45. The van der Waals surface area contributed by atoms with Crippen LogP contribution in [-0.4, -0.2) is 11.7 Å². The van der Waals surface area contributed by atoms with Crippen LogP contribution in [-0.2, 0) is 16.2 Å². The van der Waals surface area contributed by atoms with Crippen LogP contribution in [0.5, 0.6) is 5.75 Å². The number of hydrogen-bond acceptors (Lipinski definition) is 3. The van der Waals surface area contributed by atoms with Crippen molar-refractivity contribution in [2.24, 2.45) is 0 Å². The van der Waals surface area contributed by atoms with Crippen LogP contribution < -0.4 is 9.64 Å². The molecule has 0 spiro atoms. The number of carbonyl (C=O) groups excluding carboxylic acids is 2. The molecular weight excluding hydrogens is 441 g/mol. The largest absolute Gasteiger partial charge is 0.489 e. The minimum absolute atomic E-state index is 0.0186. The molecule has 0 N–H and O–H groups in total. The number of allylic oxidation sites excluding steroid dienone is 2. The topological polar surface area (TPSA) is 46.6 Å². The molecule has 1 aliphatic carbocycles. The van der Waals surface area contributed by atoms with Gasteiger partial charge in [0.05, 0.1) is 0 Å². The molecule has 0 saturated carbocycles. The monoisotopic (exact) mass is 469 g/mol. The number of anilines is 1. The van der Waals surface area contributed by atoms with Gasteiger partial charge in [0.15, 0.2) is 5.78 Å². The van der Waals surface area contributed by atoms with Gasteiger partial charge >= 0.3 is 0 Å². The standard InChI is InChI=1S/C30H28FNO3/c1-19-14-20(2)16-24(15-19)32-27-4-3-5-28(33)30(27)26(17-29(32)34)22-8-12-25(13-9-22)35-18-21-6-10-23(31)11-7-21/h6-16,26H,3-5,17-18H2,1-2H3. The Hall–Kier alpha value is -3.73. The summed E-state index contributed by atoms with van der Waals surface area (Å²) in [5.41, 5.74) is 6.47. The molecule has 3 aromatic carbocycles. The van der Waals surface area contributed by atoms with Crippen LogP contribution in [0, 0.1) is 19.7 Å². The molecule has 1 unspecified atom stereocenters. The fourth-order valence-corrected chi connectivity index (χ4v) is 5.20. The number of amides is 1. The van der Waals surface area contributed by atoms with Crippen molar-refractivity contribution in [3.8, 4) is 5.75 Å². The van der Waals surface area contributed by atoms with Crippen LogP contribution in [0.1, 0.15) is 53.9 Å². The second kappa shape index (κ2) is 9.49. The Kier molecular flexibility index (Phi) is 6.25. The van der Waals surface area contributed by atoms with Crippen LogP contribution in [0.25, 0.3) is 0 Å². The average Bonchev–Trinajstić information content (AvgIpc) is 2.83. The van der Waals surface area contributed by atoms with E-state index in [9.17, 15) is 14.0 Å². The predicted molar refractivity (Wildman–Crippen MR) is 134 cm³/mol. The summed E-state index contributed by atoms with van der Waals surface area (Å²) >= 11 is 0. The molecular formula is C30H28FNO3. The Labute approximate surface area is 205 Å². The van der Waals surface area contributed by atoms with E-state index in [4.69, 9.17) is 4.74 Å². The van der Waals surface area contributed by atoms with Crippen molar-refractivity contribution < 1.29 is 18.7 Å². The third kappa shape index (κ3) is 4.76. The van der Waals surface area contributed by atoms with E-state index in [-0.39, 0.29) is 29.8 Å². The first-order valence-corrected chi connectivity index (χ1v) is 12.0. The van der Waals surface area contributed by atoms with Crippen molar-refractivity contribution >= 4 is 17.4 Å². The van der Waals surface area contributed by atoms with Gasteiger partial charge in [0.1, 0.15) is 18.2 Å². The van der Waals surface area contributed by atoms with E-state index in [1.807, 2.05) is 50.2 Å². The summed E-state index contributed by atoms with van der Waals surface area (Å²) in [5, 5.41) is 0. The first kappa shape index (κ1) is 23.0. The number of hydrogen-bond donors (Lipinski definition) is 0. The molecule has 35 heavy (non-hydrogen) atoms. The van der Waals surface area contributed by atoms with Gasteiger partial charge in [0.25, 0.3) is 0 Å². The lowest BCUT2D eigenvalue weighted by molar-refractivity contribution is -0.119. The summed E-state index contributed by atoms with van der Waals surface area (Å²) in [6.07, 6.45) is 2.25. The molecule has 1 atom stereocenters. The molecule has 178 valence electrons. The lowest BCUT2D eigenvalue weighted by atomic mass is 9.77. The highest BCUT2D eigenvalue weighted by Crippen LogP contribution is 2.43. The summed E-state index contributed by atoms with van der Waals surface area (Å²) in [5.74, 6) is 0.307. The quantitative estimate of drug-likeness (QED) is 0.426. The Bertz CT molecular complexity index is 1290. The molecule has 1 heterocycles. The minimum Gasteiger partial charge on any atom is -0.489 e. The molecule has 1 amide bonds. The first-order chi connectivity index (χ1) is 16.9. The highest BCUT2D eigenvalue weighted by atomic mass is 19.1. The van der Waals surface area contributed by atoms with E-state index >= 15 is 0 Å². The Morgan fingerprint density at radius 1 is 0.914 bits per heavy atom. The number of Topliss-reactive ketones (excluding diaryl/α,β-unsaturated/α-hetero) is 1. The number of ketones is 1. The van der Waals surface area contributed by atoms with E-state index in [2.05, 4.69) is 6.07 Å². The molecule has 3 aromatic rings. The van der Waals surface area contributed by atoms with E-state index < -0.39 is 0 Å². The molecule has 0 bridgehead atoms. The molecule has 5 heteroatoms. The number of benzene rings is 3. The van der Waals surface area contributed by atoms with E-state index in [1.54, 1.807) is 17.0 Å². The summed E-state index contributed by atoms with van der Waals surface area (Å²) in [7, 11) is 0. The zero-order valence-corrected chi connectivity index (χ0v) is 20.0. The van der Waals surface area contributed by atoms with Crippen LogP contribution in [0.3, 0.4) is 0 Å². The molecule has 0 saturated heterocycles. The zero-order chi connectivity index (χ0) is 24.5. The summed E-state index contributed by atoms with van der Waals surface area (Å²) in [6.45, 7) is 4.38. The van der Waals surface area contributed by atoms with Crippen molar-refractivity contribution in [2.45, 2.75) is 52.1 Å². The second-order valence-corrected chi connectivity index (χ2v) is 9.45. The van der Waals surface area contributed by atoms with Crippen molar-refractivity contribution in [3.05, 3.63) is 106 Å². The van der Waals surface area contributed by atoms with E-state index in [0.717, 1.165) is 52.1 Å². The lowest BCUT2D eigenvalue weighted by Gasteiger charge is -2.38. The average molecular weight is 470 g/mol. The SMILES string of the molecule is Cc1cc(C)cc(N2C(=O)CC(c3ccc(OCc4ccc(F)cc4)cc3)C3=C2CCCC3=O)c1. The van der Waals surface area contributed by atoms with Crippen LogP contribution in [0.15, 0.2) is 78.0 Å². The maximum atomic E-state index is 13.4. The van der Waals surface area contributed by atoms with E-state index in [0.29, 0.717) is 18.8 Å². The molecule has 0 radical (unpaired) electrons. The highest BCUT2D eigenvalue weighted by molar-refractivity contribution is 6.07. The fraction of sp³-hybridized carbons (Fsp3) is 0.267. The summed E-state index contributed by atoms with van der Waals surface area (Å²) in [6, 6.07) is 20.0. The van der Waals surface area contributed by atoms with Gasteiger partial charge in [0, 0.05) is 35.7 Å². The molecule has 2 aliphatic rings. The molecule has 0 fully saturated rings. The van der Waals surface area contributed by atoms with Crippen molar-refractivity contribution in [3.63, 3.8) is 0 Å². The van der Waals surface area contributed by atoms with Gasteiger partial charge in [-0.25, -0.2) is 4.39 Å². The third-order valence-electron chi connectivity index (χ3n) is 6.74. The molecule has 0 aromatic heterocycles. The number of halogens is 1. The van der Waals surface area contributed by atoms with Gasteiger partial charge in [-0.3, -0.25) is 14.5 Å². The smallest absolute Gasteiger partial charge is 0.232 e. The molecule has 4 nitrogen and oxygen atoms in total. The van der Waals surface area contributed by atoms with Crippen molar-refractivity contribution in [1.82, 2.24) is 0 Å². The van der Waals surface area contributed by atoms with Crippen LogP contribution >= 0.6 is 0 Å². The normalized spacial score (nSPS) is 18.0. The summed E-state index contributed by atoms with van der Waals surface area (Å²) in [4.78, 5) is 28.4. The van der Waals surface area contributed by atoms with Gasteiger partial charge < -0.3 is 4.74 Å². The van der Waals surface area contributed by atoms with Crippen LogP contribution in [0.2, 0.25) is 0 Å². The highest BCUT2D eigenvalue weighted by Gasteiger charge is 2.39. The number of nitrogens with zero attached hydrogens (tertiary/aromatic N) is 1. The van der Waals surface area contributed by atoms with Gasteiger partial charge in [-0.15, -0.1) is 0 Å². The number of ether oxygens (including phenoxy) is 1. The Morgan fingerprint density at radius 2 is 1.60 bits per heavy atom.